The molecule has 1 aliphatic rings. The van der Waals surface area contributed by atoms with Crippen LogP contribution in [0.25, 0.3) is 0 Å². The van der Waals surface area contributed by atoms with E-state index >= 15 is 0 Å². The van der Waals surface area contributed by atoms with Crippen LogP contribution in [-0.4, -0.2) is 12.5 Å². The smallest absolute Gasteiger partial charge is 0.237 e. The summed E-state index contributed by atoms with van der Waals surface area (Å²) in [5.74, 6) is -0.609. The first-order valence-corrected chi connectivity index (χ1v) is 6.13. The highest BCUT2D eigenvalue weighted by Crippen LogP contribution is 2.19. The summed E-state index contributed by atoms with van der Waals surface area (Å²) in [4.78, 5) is 11.5. The van der Waals surface area contributed by atoms with E-state index < -0.39 is 5.92 Å². The second-order valence-corrected chi connectivity index (χ2v) is 4.24. The van der Waals surface area contributed by atoms with Crippen LogP contribution in [0, 0.1) is 17.2 Å². The zero-order valence-corrected chi connectivity index (χ0v) is 9.96. The summed E-state index contributed by atoms with van der Waals surface area (Å²) in [5, 5.41) is 11.6. The molecule has 0 saturated carbocycles. The predicted octanol–water partition coefficient (Wildman–Crippen LogP) is 2.54. The van der Waals surface area contributed by atoms with Crippen LogP contribution in [0.15, 0.2) is 11.6 Å². The number of nitrogens with zero attached hydrogens (tertiary/aromatic N) is 1. The van der Waals surface area contributed by atoms with E-state index in [1.807, 2.05) is 13.0 Å². The molecule has 0 bridgehead atoms. The minimum atomic E-state index is -0.486. The number of amides is 1. The van der Waals surface area contributed by atoms with Crippen LogP contribution in [0.3, 0.4) is 0 Å². The molecule has 0 aliphatic heterocycles. The fourth-order valence-electron chi connectivity index (χ4n) is 1.94. The van der Waals surface area contributed by atoms with Crippen molar-refractivity contribution in [2.45, 2.75) is 45.4 Å². The van der Waals surface area contributed by atoms with Gasteiger partial charge in [-0.15, -0.1) is 0 Å². The molecule has 1 N–H and O–H groups in total. The third-order valence-corrected chi connectivity index (χ3v) is 3.01. The Kier molecular flexibility index (Phi) is 5.63. The van der Waals surface area contributed by atoms with Crippen molar-refractivity contribution in [3.63, 3.8) is 0 Å². The Bertz CT molecular complexity index is 302. The molecule has 1 atom stereocenters. The summed E-state index contributed by atoms with van der Waals surface area (Å²) in [5.41, 5.74) is 1.46. The highest BCUT2D eigenvalue weighted by atomic mass is 16.1. The van der Waals surface area contributed by atoms with Gasteiger partial charge in [0.15, 0.2) is 0 Å². The van der Waals surface area contributed by atoms with Gasteiger partial charge in [0.1, 0.15) is 5.92 Å². The maximum absolute atomic E-state index is 11.5. The van der Waals surface area contributed by atoms with E-state index in [0.29, 0.717) is 13.0 Å². The van der Waals surface area contributed by atoms with Gasteiger partial charge in [-0.1, -0.05) is 18.6 Å². The maximum Gasteiger partial charge on any atom is 0.237 e. The molecule has 3 heteroatoms. The van der Waals surface area contributed by atoms with Crippen molar-refractivity contribution in [2.24, 2.45) is 5.92 Å². The summed E-state index contributed by atoms with van der Waals surface area (Å²) >= 11 is 0. The van der Waals surface area contributed by atoms with Crippen LogP contribution in [0.4, 0.5) is 0 Å². The van der Waals surface area contributed by atoms with Crippen molar-refractivity contribution in [3.05, 3.63) is 11.6 Å². The number of hydrogen-bond acceptors (Lipinski definition) is 2. The number of carbonyl (C=O) groups excluding carboxylic acids is 1. The molecule has 0 fully saturated rings. The highest BCUT2D eigenvalue weighted by molar-refractivity contribution is 5.80. The summed E-state index contributed by atoms with van der Waals surface area (Å²) in [6, 6.07) is 2.01. The maximum atomic E-state index is 11.5. The van der Waals surface area contributed by atoms with Crippen LogP contribution in [0.1, 0.15) is 45.4 Å². The molecule has 0 aromatic heterocycles. The molecule has 0 spiro atoms. The molecule has 88 valence electrons. The summed E-state index contributed by atoms with van der Waals surface area (Å²) < 4.78 is 0. The molecule has 1 unspecified atom stereocenters. The summed E-state index contributed by atoms with van der Waals surface area (Å²) in [6.45, 7) is 2.53. The van der Waals surface area contributed by atoms with Gasteiger partial charge in [-0.2, -0.15) is 5.26 Å². The highest BCUT2D eigenvalue weighted by Gasteiger charge is 2.14. The molecule has 16 heavy (non-hydrogen) atoms. The van der Waals surface area contributed by atoms with E-state index in [0.717, 1.165) is 6.42 Å². The third-order valence-electron chi connectivity index (χ3n) is 3.01. The first kappa shape index (κ1) is 12.8. The molecule has 1 rings (SSSR count). The van der Waals surface area contributed by atoms with Gasteiger partial charge in [-0.05, 0) is 38.5 Å². The van der Waals surface area contributed by atoms with Crippen molar-refractivity contribution >= 4 is 5.91 Å². The Morgan fingerprint density at radius 1 is 1.62 bits per heavy atom. The number of nitrogens with one attached hydrogen (secondary N) is 1. The van der Waals surface area contributed by atoms with Crippen LogP contribution >= 0.6 is 0 Å². The standard InChI is InChI=1S/C13H20N2O/c1-2-12(10-14)13(16)15-9-8-11-6-4-3-5-7-11/h6,12H,2-5,7-9H2,1H3,(H,15,16). The van der Waals surface area contributed by atoms with Crippen molar-refractivity contribution in [3.8, 4) is 6.07 Å². The van der Waals surface area contributed by atoms with Crippen LogP contribution < -0.4 is 5.32 Å². The second-order valence-electron chi connectivity index (χ2n) is 4.24. The molecule has 0 radical (unpaired) electrons. The Morgan fingerprint density at radius 3 is 3.00 bits per heavy atom. The average molecular weight is 220 g/mol. The molecule has 0 heterocycles. The van der Waals surface area contributed by atoms with Crippen LogP contribution in [0.5, 0.6) is 0 Å². The predicted molar refractivity (Wildman–Crippen MR) is 63.6 cm³/mol. The molecular weight excluding hydrogens is 200 g/mol. The SMILES string of the molecule is CCC(C#N)C(=O)NCCC1=CCCCC1. The number of hydrogen-bond donors (Lipinski definition) is 1. The van der Waals surface area contributed by atoms with Crippen molar-refractivity contribution in [1.82, 2.24) is 5.32 Å². The minimum Gasteiger partial charge on any atom is -0.355 e. The Morgan fingerprint density at radius 2 is 2.44 bits per heavy atom. The van der Waals surface area contributed by atoms with E-state index in [-0.39, 0.29) is 5.91 Å². The quantitative estimate of drug-likeness (QED) is 0.724. The van der Waals surface area contributed by atoms with Gasteiger partial charge in [0.05, 0.1) is 6.07 Å². The normalized spacial score (nSPS) is 17.1. The van der Waals surface area contributed by atoms with Crippen molar-refractivity contribution < 1.29 is 4.79 Å². The van der Waals surface area contributed by atoms with E-state index in [4.69, 9.17) is 5.26 Å². The van der Waals surface area contributed by atoms with Gasteiger partial charge in [0.25, 0.3) is 0 Å². The molecule has 3 nitrogen and oxygen atoms in total. The Hall–Kier alpha value is -1.30. The van der Waals surface area contributed by atoms with E-state index in [2.05, 4.69) is 11.4 Å². The van der Waals surface area contributed by atoms with Crippen LogP contribution in [0.2, 0.25) is 0 Å². The summed E-state index contributed by atoms with van der Waals surface area (Å²) in [6.07, 6.45) is 8.73. The van der Waals surface area contributed by atoms with Gasteiger partial charge in [0.2, 0.25) is 5.91 Å². The Balaban J connectivity index is 2.22. The zero-order valence-electron chi connectivity index (χ0n) is 9.96. The Labute approximate surface area is 97.5 Å². The minimum absolute atomic E-state index is 0.124. The lowest BCUT2D eigenvalue weighted by atomic mass is 9.97. The van der Waals surface area contributed by atoms with Gasteiger partial charge in [-0.3, -0.25) is 4.79 Å². The molecule has 1 aliphatic carbocycles. The fraction of sp³-hybridized carbons (Fsp3) is 0.692. The molecule has 0 aromatic carbocycles. The first-order valence-electron chi connectivity index (χ1n) is 6.13. The molecule has 0 aromatic rings. The zero-order chi connectivity index (χ0) is 11.8. The lowest BCUT2D eigenvalue weighted by molar-refractivity contribution is -0.123. The second kappa shape index (κ2) is 7.05. The topological polar surface area (TPSA) is 52.9 Å². The average Bonchev–Trinajstić information content (AvgIpc) is 2.32. The van der Waals surface area contributed by atoms with Gasteiger partial charge >= 0.3 is 0 Å². The molecule has 0 saturated heterocycles. The fourth-order valence-corrected chi connectivity index (χ4v) is 1.94. The van der Waals surface area contributed by atoms with Crippen molar-refractivity contribution in [1.29, 1.82) is 5.26 Å². The van der Waals surface area contributed by atoms with Gasteiger partial charge in [-0.25, -0.2) is 0 Å². The monoisotopic (exact) mass is 220 g/mol. The lowest BCUT2D eigenvalue weighted by Crippen LogP contribution is -2.30. The molecule has 1 amide bonds. The van der Waals surface area contributed by atoms with Crippen LogP contribution in [-0.2, 0) is 4.79 Å². The largest absolute Gasteiger partial charge is 0.355 e. The number of allylic oxidation sites excluding steroid dienone is 1. The van der Waals surface area contributed by atoms with Gasteiger partial charge in [0, 0.05) is 6.54 Å². The number of carbonyl (C=O) groups is 1. The number of rotatable bonds is 5. The van der Waals surface area contributed by atoms with E-state index in [1.54, 1.807) is 0 Å². The lowest BCUT2D eigenvalue weighted by Gasteiger charge is -2.13. The van der Waals surface area contributed by atoms with Crippen molar-refractivity contribution in [2.75, 3.05) is 6.54 Å². The van der Waals surface area contributed by atoms with Gasteiger partial charge < -0.3 is 5.32 Å². The van der Waals surface area contributed by atoms with E-state index in [1.165, 1.54) is 31.3 Å². The number of nitriles is 1. The van der Waals surface area contributed by atoms with E-state index in [9.17, 15) is 4.79 Å². The first-order chi connectivity index (χ1) is 7.77. The summed E-state index contributed by atoms with van der Waals surface area (Å²) in [7, 11) is 0. The third kappa shape index (κ3) is 4.06. The molecular formula is C13H20N2O.